The minimum Gasteiger partial charge on any atom is -0.355 e. The summed E-state index contributed by atoms with van der Waals surface area (Å²) in [6.07, 6.45) is 3.31. The molecule has 2 aromatic heterocycles. The molecule has 0 aliphatic rings. The smallest absolute Gasteiger partial charge is 0.277 e. The number of anilines is 1. The van der Waals surface area contributed by atoms with Crippen LogP contribution in [0.2, 0.25) is 5.02 Å². The van der Waals surface area contributed by atoms with Crippen molar-refractivity contribution < 1.29 is 9.32 Å². The van der Waals surface area contributed by atoms with Crippen LogP contribution >= 0.6 is 11.6 Å². The van der Waals surface area contributed by atoms with E-state index in [0.29, 0.717) is 16.5 Å². The fourth-order valence-corrected chi connectivity index (χ4v) is 2.21. The van der Waals surface area contributed by atoms with E-state index in [1.807, 2.05) is 13.0 Å². The van der Waals surface area contributed by atoms with E-state index < -0.39 is 0 Å². The van der Waals surface area contributed by atoms with Crippen LogP contribution in [0.15, 0.2) is 53.3 Å². The topological polar surface area (TPSA) is 68.0 Å². The summed E-state index contributed by atoms with van der Waals surface area (Å²) in [4.78, 5) is 16.2. The first kappa shape index (κ1) is 14.3. The maximum absolute atomic E-state index is 12.2. The second-order valence-electron chi connectivity index (χ2n) is 4.73. The molecule has 0 radical (unpaired) electrons. The highest BCUT2D eigenvalue weighted by molar-refractivity contribution is 6.30. The molecule has 5 nitrogen and oxygen atoms in total. The lowest BCUT2D eigenvalue weighted by Crippen LogP contribution is -2.12. The fraction of sp³-hybridized carbons (Fsp3) is 0.0625. The van der Waals surface area contributed by atoms with Crippen molar-refractivity contribution in [2.24, 2.45) is 0 Å². The number of hydrogen-bond donors (Lipinski definition) is 1. The van der Waals surface area contributed by atoms with E-state index in [1.54, 1.807) is 42.7 Å². The van der Waals surface area contributed by atoms with Crippen molar-refractivity contribution in [3.63, 3.8) is 0 Å². The predicted octanol–water partition coefficient (Wildman–Crippen LogP) is 3.95. The van der Waals surface area contributed by atoms with Crippen molar-refractivity contribution >= 4 is 23.2 Å². The standard InChI is InChI=1S/C16H12ClN3O2/c1-10-7-12(17)4-5-13(10)19-16(21)14-8-15(22-20-14)11-3-2-6-18-9-11/h2-9H,1H3,(H,19,21). The summed E-state index contributed by atoms with van der Waals surface area (Å²) in [5.41, 5.74) is 2.52. The van der Waals surface area contributed by atoms with Crippen molar-refractivity contribution in [3.8, 4) is 11.3 Å². The summed E-state index contributed by atoms with van der Waals surface area (Å²) in [6, 6.07) is 10.4. The largest absolute Gasteiger partial charge is 0.355 e. The van der Waals surface area contributed by atoms with Crippen LogP contribution in [0.3, 0.4) is 0 Å². The lowest BCUT2D eigenvalue weighted by Gasteiger charge is -2.06. The second-order valence-corrected chi connectivity index (χ2v) is 5.17. The number of aryl methyl sites for hydroxylation is 1. The first-order valence-electron chi connectivity index (χ1n) is 6.58. The molecule has 3 aromatic rings. The number of nitrogens with one attached hydrogen (secondary N) is 1. The number of hydrogen-bond acceptors (Lipinski definition) is 4. The van der Waals surface area contributed by atoms with Gasteiger partial charge in [-0.05, 0) is 42.8 Å². The van der Waals surface area contributed by atoms with Gasteiger partial charge in [-0.15, -0.1) is 0 Å². The van der Waals surface area contributed by atoms with E-state index in [9.17, 15) is 4.79 Å². The molecule has 22 heavy (non-hydrogen) atoms. The van der Waals surface area contributed by atoms with E-state index in [4.69, 9.17) is 16.1 Å². The highest BCUT2D eigenvalue weighted by Crippen LogP contribution is 2.22. The first-order chi connectivity index (χ1) is 10.6. The number of nitrogens with zero attached hydrogens (tertiary/aromatic N) is 2. The third kappa shape index (κ3) is 2.99. The summed E-state index contributed by atoms with van der Waals surface area (Å²) in [7, 11) is 0. The number of amides is 1. The Kier molecular flexibility index (Phi) is 3.89. The van der Waals surface area contributed by atoms with Crippen LogP contribution in [0.5, 0.6) is 0 Å². The Morgan fingerprint density at radius 1 is 1.27 bits per heavy atom. The van der Waals surface area contributed by atoms with Gasteiger partial charge in [0.05, 0.1) is 0 Å². The third-order valence-corrected chi connectivity index (χ3v) is 3.36. The van der Waals surface area contributed by atoms with Gasteiger partial charge in [-0.25, -0.2) is 0 Å². The molecule has 2 heterocycles. The molecule has 0 fully saturated rings. The Morgan fingerprint density at radius 3 is 2.86 bits per heavy atom. The maximum Gasteiger partial charge on any atom is 0.277 e. The summed E-state index contributed by atoms with van der Waals surface area (Å²) in [5, 5.41) is 7.20. The minimum absolute atomic E-state index is 0.202. The predicted molar refractivity (Wildman–Crippen MR) is 83.9 cm³/mol. The van der Waals surface area contributed by atoms with Gasteiger partial charge in [-0.2, -0.15) is 0 Å². The molecule has 0 aliphatic heterocycles. The van der Waals surface area contributed by atoms with Crippen LogP contribution in [0.1, 0.15) is 16.1 Å². The molecule has 0 saturated carbocycles. The molecular formula is C16H12ClN3O2. The summed E-state index contributed by atoms with van der Waals surface area (Å²) in [5.74, 6) is 0.149. The molecule has 1 aromatic carbocycles. The zero-order valence-electron chi connectivity index (χ0n) is 11.7. The molecular weight excluding hydrogens is 302 g/mol. The first-order valence-corrected chi connectivity index (χ1v) is 6.96. The van der Waals surface area contributed by atoms with Crippen LogP contribution in [0.4, 0.5) is 5.69 Å². The highest BCUT2D eigenvalue weighted by Gasteiger charge is 2.14. The van der Waals surface area contributed by atoms with Crippen molar-refractivity contribution in [2.75, 3.05) is 5.32 Å². The van der Waals surface area contributed by atoms with Crippen molar-refractivity contribution in [1.29, 1.82) is 0 Å². The molecule has 0 unspecified atom stereocenters. The lowest BCUT2D eigenvalue weighted by molar-refractivity contribution is 0.101. The summed E-state index contributed by atoms with van der Waals surface area (Å²) < 4.78 is 5.19. The number of rotatable bonds is 3. The number of pyridine rings is 1. The second kappa shape index (κ2) is 5.99. The van der Waals surface area contributed by atoms with Crippen LogP contribution in [-0.2, 0) is 0 Å². The molecule has 0 aliphatic carbocycles. The Hall–Kier alpha value is -2.66. The van der Waals surface area contributed by atoms with Gasteiger partial charge in [0, 0.05) is 34.7 Å². The Bertz CT molecular complexity index is 815. The fourth-order valence-electron chi connectivity index (χ4n) is 1.98. The van der Waals surface area contributed by atoms with Gasteiger partial charge in [0.2, 0.25) is 0 Å². The average Bonchev–Trinajstić information content (AvgIpc) is 3.01. The van der Waals surface area contributed by atoms with Crippen molar-refractivity contribution in [1.82, 2.24) is 10.1 Å². The molecule has 0 spiro atoms. The third-order valence-electron chi connectivity index (χ3n) is 3.13. The normalized spacial score (nSPS) is 10.5. The number of benzene rings is 1. The van der Waals surface area contributed by atoms with Crippen LogP contribution in [-0.4, -0.2) is 16.0 Å². The maximum atomic E-state index is 12.2. The van der Waals surface area contributed by atoms with Crippen molar-refractivity contribution in [3.05, 3.63) is 65.1 Å². The highest BCUT2D eigenvalue weighted by atomic mass is 35.5. The molecule has 0 bridgehead atoms. The number of carbonyl (C=O) groups is 1. The van der Waals surface area contributed by atoms with Gasteiger partial charge in [-0.3, -0.25) is 9.78 Å². The molecule has 0 atom stereocenters. The van der Waals surface area contributed by atoms with E-state index in [1.165, 1.54) is 0 Å². The Balaban J connectivity index is 1.80. The van der Waals surface area contributed by atoms with Gasteiger partial charge in [0.25, 0.3) is 5.91 Å². The Morgan fingerprint density at radius 2 is 2.14 bits per heavy atom. The van der Waals surface area contributed by atoms with E-state index in [2.05, 4.69) is 15.5 Å². The van der Waals surface area contributed by atoms with Crippen LogP contribution in [0.25, 0.3) is 11.3 Å². The lowest BCUT2D eigenvalue weighted by atomic mass is 10.2. The van der Waals surface area contributed by atoms with E-state index in [0.717, 1.165) is 11.1 Å². The van der Waals surface area contributed by atoms with E-state index >= 15 is 0 Å². The molecule has 6 heteroatoms. The van der Waals surface area contributed by atoms with Crippen LogP contribution < -0.4 is 5.32 Å². The van der Waals surface area contributed by atoms with Gasteiger partial charge < -0.3 is 9.84 Å². The number of carbonyl (C=O) groups excluding carboxylic acids is 1. The molecule has 0 saturated heterocycles. The molecule has 3 rings (SSSR count). The molecule has 110 valence electrons. The average molecular weight is 314 g/mol. The van der Waals surface area contributed by atoms with Gasteiger partial charge in [0.15, 0.2) is 11.5 Å². The monoisotopic (exact) mass is 313 g/mol. The SMILES string of the molecule is Cc1cc(Cl)ccc1NC(=O)c1cc(-c2cccnc2)on1. The minimum atomic E-state index is -0.343. The van der Waals surface area contributed by atoms with Gasteiger partial charge in [0.1, 0.15) is 0 Å². The molecule has 1 amide bonds. The Labute approximate surface area is 131 Å². The zero-order chi connectivity index (χ0) is 15.5. The summed E-state index contributed by atoms with van der Waals surface area (Å²) in [6.45, 7) is 1.87. The number of halogens is 1. The number of aromatic nitrogens is 2. The van der Waals surface area contributed by atoms with Gasteiger partial charge in [-0.1, -0.05) is 16.8 Å². The van der Waals surface area contributed by atoms with E-state index in [-0.39, 0.29) is 11.6 Å². The summed E-state index contributed by atoms with van der Waals surface area (Å²) >= 11 is 5.90. The van der Waals surface area contributed by atoms with Gasteiger partial charge >= 0.3 is 0 Å². The molecule has 1 N–H and O–H groups in total. The quantitative estimate of drug-likeness (QED) is 0.795. The van der Waals surface area contributed by atoms with Crippen molar-refractivity contribution in [2.45, 2.75) is 6.92 Å². The van der Waals surface area contributed by atoms with Crippen LogP contribution in [0, 0.1) is 6.92 Å². The zero-order valence-corrected chi connectivity index (χ0v) is 12.5.